The summed E-state index contributed by atoms with van der Waals surface area (Å²) in [5.74, 6) is 0.0259. The van der Waals surface area contributed by atoms with E-state index in [2.05, 4.69) is 44.9 Å². The Morgan fingerprint density at radius 2 is 2.04 bits per heavy atom. The molecule has 1 aromatic heterocycles. The summed E-state index contributed by atoms with van der Waals surface area (Å²) in [6, 6.07) is 6.87. The topological polar surface area (TPSA) is 52.2 Å². The maximum Gasteiger partial charge on any atom is 0.275 e. The molecule has 3 rings (SSSR count). The minimum Gasteiger partial charge on any atom is -0.336 e. The van der Waals surface area contributed by atoms with Crippen LogP contribution in [0.15, 0.2) is 28.7 Å². The van der Waals surface area contributed by atoms with Crippen LogP contribution in [0, 0.1) is 5.82 Å². The van der Waals surface area contributed by atoms with Gasteiger partial charge in [0.25, 0.3) is 5.91 Å². The number of H-pyrrole nitrogens is 1. The minimum absolute atomic E-state index is 0.0623. The van der Waals surface area contributed by atoms with Crippen molar-refractivity contribution in [2.75, 3.05) is 26.2 Å². The van der Waals surface area contributed by atoms with E-state index in [1.54, 1.807) is 6.07 Å². The number of rotatable bonds is 4. The summed E-state index contributed by atoms with van der Waals surface area (Å²) >= 11 is 3.51. The van der Waals surface area contributed by atoms with Gasteiger partial charge in [-0.3, -0.25) is 14.8 Å². The van der Waals surface area contributed by atoms with Crippen molar-refractivity contribution in [1.82, 2.24) is 20.0 Å². The molecule has 1 aliphatic rings. The molecule has 0 aliphatic carbocycles. The molecule has 7 heteroatoms. The van der Waals surface area contributed by atoms with Crippen molar-refractivity contribution >= 4 is 21.8 Å². The van der Waals surface area contributed by atoms with Gasteiger partial charge in [-0.25, -0.2) is 4.39 Å². The molecule has 0 bridgehead atoms. The molecule has 2 aromatic rings. The first-order valence-electron chi connectivity index (χ1n) is 8.96. The third-order valence-corrected chi connectivity index (χ3v) is 5.54. The number of aromatic nitrogens is 2. The standard InChI is InChI=1S/C19H24BrFN4O/c1-13(2)17-16(20)18(23-22-17)19(26)25-9-5-8-24(10-11-25)12-14-6-3-4-7-15(14)21/h3-4,6-7,13H,5,8-12H2,1-2H3,(H,22,23). The number of carbonyl (C=O) groups is 1. The van der Waals surface area contributed by atoms with Crippen LogP contribution in [0.2, 0.25) is 0 Å². The molecule has 0 saturated carbocycles. The third kappa shape index (κ3) is 4.15. The van der Waals surface area contributed by atoms with E-state index in [-0.39, 0.29) is 17.6 Å². The molecule has 2 heterocycles. The predicted octanol–water partition coefficient (Wildman–Crippen LogP) is 3.78. The van der Waals surface area contributed by atoms with Crippen LogP contribution in [0.25, 0.3) is 0 Å². The minimum atomic E-state index is -0.175. The first-order chi connectivity index (χ1) is 12.5. The molecule has 1 fully saturated rings. The Morgan fingerprint density at radius 3 is 2.73 bits per heavy atom. The molecular formula is C19H24BrFN4O. The number of nitrogens with zero attached hydrogens (tertiary/aromatic N) is 3. The fourth-order valence-corrected chi connectivity index (χ4v) is 4.02. The Kier molecular flexibility index (Phi) is 6.09. The van der Waals surface area contributed by atoms with Crippen LogP contribution < -0.4 is 0 Å². The van der Waals surface area contributed by atoms with Crippen molar-refractivity contribution in [3.8, 4) is 0 Å². The van der Waals surface area contributed by atoms with E-state index in [0.717, 1.165) is 29.7 Å². The quantitative estimate of drug-likeness (QED) is 0.815. The van der Waals surface area contributed by atoms with Gasteiger partial charge in [-0.1, -0.05) is 32.0 Å². The fraction of sp³-hybridized carbons (Fsp3) is 0.474. The average molecular weight is 423 g/mol. The van der Waals surface area contributed by atoms with Crippen LogP contribution in [0.4, 0.5) is 4.39 Å². The summed E-state index contributed by atoms with van der Waals surface area (Å²) in [4.78, 5) is 16.9. The number of halogens is 2. The van der Waals surface area contributed by atoms with Crippen molar-refractivity contribution in [2.45, 2.75) is 32.7 Å². The molecule has 0 radical (unpaired) electrons. The molecule has 1 amide bonds. The van der Waals surface area contributed by atoms with Gasteiger partial charge in [-0.15, -0.1) is 0 Å². The van der Waals surface area contributed by atoms with Crippen LogP contribution in [0.1, 0.15) is 47.9 Å². The summed E-state index contributed by atoms with van der Waals surface area (Å²) in [5.41, 5.74) is 2.07. The van der Waals surface area contributed by atoms with Gasteiger partial charge in [0.15, 0.2) is 5.69 Å². The zero-order chi connectivity index (χ0) is 18.7. The SMILES string of the molecule is CC(C)c1[nH]nc(C(=O)N2CCCN(Cc3ccccc3F)CC2)c1Br. The van der Waals surface area contributed by atoms with Gasteiger partial charge in [0.1, 0.15) is 5.82 Å². The van der Waals surface area contributed by atoms with E-state index in [1.165, 1.54) is 6.07 Å². The number of nitrogens with one attached hydrogen (secondary N) is 1. The molecule has 0 unspecified atom stereocenters. The van der Waals surface area contributed by atoms with Gasteiger partial charge in [0.05, 0.1) is 10.2 Å². The fourth-order valence-electron chi connectivity index (χ4n) is 3.22. The van der Waals surface area contributed by atoms with Gasteiger partial charge in [-0.2, -0.15) is 5.10 Å². The molecule has 1 aromatic carbocycles. The number of benzene rings is 1. The van der Waals surface area contributed by atoms with Crippen molar-refractivity contribution in [3.05, 3.63) is 51.5 Å². The van der Waals surface area contributed by atoms with E-state index < -0.39 is 0 Å². The molecule has 0 spiro atoms. The molecule has 1 N–H and O–H groups in total. The maximum absolute atomic E-state index is 13.9. The normalized spacial score (nSPS) is 16.1. The van der Waals surface area contributed by atoms with Crippen LogP contribution in [-0.4, -0.2) is 52.1 Å². The van der Waals surface area contributed by atoms with E-state index in [0.29, 0.717) is 30.9 Å². The summed E-state index contributed by atoms with van der Waals surface area (Å²) in [6.07, 6.45) is 0.860. The number of aromatic amines is 1. The molecule has 140 valence electrons. The van der Waals surface area contributed by atoms with Crippen LogP contribution >= 0.6 is 15.9 Å². The highest BCUT2D eigenvalue weighted by atomic mass is 79.9. The zero-order valence-electron chi connectivity index (χ0n) is 15.1. The van der Waals surface area contributed by atoms with E-state index in [9.17, 15) is 9.18 Å². The third-order valence-electron chi connectivity index (χ3n) is 4.74. The number of carbonyl (C=O) groups excluding carboxylic acids is 1. The van der Waals surface area contributed by atoms with E-state index >= 15 is 0 Å². The van der Waals surface area contributed by atoms with Crippen LogP contribution in [-0.2, 0) is 6.54 Å². The Morgan fingerprint density at radius 1 is 1.27 bits per heavy atom. The molecule has 1 saturated heterocycles. The molecule has 26 heavy (non-hydrogen) atoms. The lowest BCUT2D eigenvalue weighted by Gasteiger charge is -2.21. The highest BCUT2D eigenvalue weighted by Gasteiger charge is 2.26. The lowest BCUT2D eigenvalue weighted by molar-refractivity contribution is 0.0754. The lowest BCUT2D eigenvalue weighted by atomic mass is 10.1. The number of amides is 1. The average Bonchev–Trinajstić information content (AvgIpc) is 2.85. The van der Waals surface area contributed by atoms with Gasteiger partial charge in [-0.05, 0) is 34.3 Å². The zero-order valence-corrected chi connectivity index (χ0v) is 16.7. The van der Waals surface area contributed by atoms with Crippen molar-refractivity contribution in [3.63, 3.8) is 0 Å². The first kappa shape index (κ1) is 19.0. The Balaban J connectivity index is 1.65. The van der Waals surface area contributed by atoms with Gasteiger partial charge < -0.3 is 4.90 Å². The largest absolute Gasteiger partial charge is 0.336 e. The molecular weight excluding hydrogens is 399 g/mol. The second kappa shape index (κ2) is 8.31. The van der Waals surface area contributed by atoms with Crippen molar-refractivity contribution < 1.29 is 9.18 Å². The van der Waals surface area contributed by atoms with Gasteiger partial charge in [0, 0.05) is 38.3 Å². The Bertz CT molecular complexity index is 777. The predicted molar refractivity (Wildman–Crippen MR) is 103 cm³/mol. The maximum atomic E-state index is 13.9. The highest BCUT2D eigenvalue weighted by Crippen LogP contribution is 2.26. The summed E-state index contributed by atoms with van der Waals surface area (Å²) in [6.45, 7) is 7.54. The van der Waals surface area contributed by atoms with Crippen LogP contribution in [0.5, 0.6) is 0 Å². The van der Waals surface area contributed by atoms with E-state index in [4.69, 9.17) is 0 Å². The molecule has 1 aliphatic heterocycles. The summed E-state index contributed by atoms with van der Waals surface area (Å²) in [7, 11) is 0. The first-order valence-corrected chi connectivity index (χ1v) is 9.75. The van der Waals surface area contributed by atoms with Gasteiger partial charge >= 0.3 is 0 Å². The monoisotopic (exact) mass is 422 g/mol. The van der Waals surface area contributed by atoms with Crippen molar-refractivity contribution in [1.29, 1.82) is 0 Å². The van der Waals surface area contributed by atoms with Crippen molar-refractivity contribution in [2.24, 2.45) is 0 Å². The number of hydrogen-bond donors (Lipinski definition) is 1. The summed E-state index contributed by atoms with van der Waals surface area (Å²) < 4.78 is 14.6. The highest BCUT2D eigenvalue weighted by molar-refractivity contribution is 9.10. The second-order valence-electron chi connectivity index (χ2n) is 6.97. The molecule has 5 nitrogen and oxygen atoms in total. The number of hydrogen-bond acceptors (Lipinski definition) is 3. The summed E-state index contributed by atoms with van der Waals surface area (Å²) in [5, 5.41) is 7.18. The van der Waals surface area contributed by atoms with Crippen LogP contribution in [0.3, 0.4) is 0 Å². The molecule has 0 atom stereocenters. The van der Waals surface area contributed by atoms with Gasteiger partial charge in [0.2, 0.25) is 0 Å². The smallest absolute Gasteiger partial charge is 0.275 e. The Labute approximate surface area is 161 Å². The lowest BCUT2D eigenvalue weighted by Crippen LogP contribution is -2.35. The Hall–Kier alpha value is -1.73. The second-order valence-corrected chi connectivity index (χ2v) is 7.76. The van der Waals surface area contributed by atoms with E-state index in [1.807, 2.05) is 17.0 Å².